The maximum atomic E-state index is 11.4. The third kappa shape index (κ3) is 3.90. The number of ketones is 1. The molecule has 106 valence electrons. The van der Waals surface area contributed by atoms with E-state index < -0.39 is 0 Å². The van der Waals surface area contributed by atoms with Crippen molar-refractivity contribution < 1.29 is 4.79 Å². The van der Waals surface area contributed by atoms with Crippen molar-refractivity contribution in [3.05, 3.63) is 17.5 Å². The summed E-state index contributed by atoms with van der Waals surface area (Å²) in [6, 6.07) is 2.56. The van der Waals surface area contributed by atoms with Gasteiger partial charge in [0.2, 0.25) is 0 Å². The van der Waals surface area contributed by atoms with Crippen molar-refractivity contribution in [2.45, 2.75) is 58.5 Å². The van der Waals surface area contributed by atoms with Crippen LogP contribution < -0.4 is 0 Å². The van der Waals surface area contributed by atoms with Crippen LogP contribution in [0.15, 0.2) is 6.07 Å². The van der Waals surface area contributed by atoms with Gasteiger partial charge in [0.1, 0.15) is 5.78 Å². The maximum absolute atomic E-state index is 11.4. The molecule has 0 aromatic carbocycles. The normalized spacial score (nSPS) is 21.3. The van der Waals surface area contributed by atoms with Gasteiger partial charge in [0.25, 0.3) is 0 Å². The van der Waals surface area contributed by atoms with E-state index >= 15 is 0 Å². The Morgan fingerprint density at radius 1 is 1.42 bits per heavy atom. The summed E-state index contributed by atoms with van der Waals surface area (Å²) in [4.78, 5) is 13.9. The highest BCUT2D eigenvalue weighted by Crippen LogP contribution is 2.21. The summed E-state index contributed by atoms with van der Waals surface area (Å²) < 4.78 is 1.96. The van der Waals surface area contributed by atoms with Crippen LogP contribution in [0.5, 0.6) is 0 Å². The van der Waals surface area contributed by atoms with Gasteiger partial charge in [0.15, 0.2) is 0 Å². The third-order valence-electron chi connectivity index (χ3n) is 3.99. The van der Waals surface area contributed by atoms with Crippen molar-refractivity contribution in [3.8, 4) is 0 Å². The number of hydrogen-bond acceptors (Lipinski definition) is 3. The second kappa shape index (κ2) is 6.33. The molecule has 4 nitrogen and oxygen atoms in total. The minimum atomic E-state index is 0.304. The molecule has 0 aliphatic carbocycles. The molecule has 4 heteroatoms. The fourth-order valence-corrected chi connectivity index (χ4v) is 3.03. The van der Waals surface area contributed by atoms with Gasteiger partial charge in [-0.1, -0.05) is 12.8 Å². The first-order chi connectivity index (χ1) is 9.06. The van der Waals surface area contributed by atoms with E-state index in [1.807, 2.05) is 18.7 Å². The van der Waals surface area contributed by atoms with Gasteiger partial charge in [-0.05, 0) is 39.3 Å². The predicted octanol–water partition coefficient (Wildman–Crippen LogP) is 2.45. The Balaban J connectivity index is 2.09. The quantitative estimate of drug-likeness (QED) is 0.837. The van der Waals surface area contributed by atoms with Gasteiger partial charge in [0, 0.05) is 26.1 Å². The van der Waals surface area contributed by atoms with E-state index in [0.717, 1.165) is 25.2 Å². The monoisotopic (exact) mass is 263 g/mol. The molecule has 1 aromatic rings. The molecule has 0 spiro atoms. The smallest absolute Gasteiger partial charge is 0.131 e. The van der Waals surface area contributed by atoms with Crippen molar-refractivity contribution >= 4 is 5.78 Å². The second-order valence-electron chi connectivity index (χ2n) is 5.78. The molecule has 1 aliphatic heterocycles. The summed E-state index contributed by atoms with van der Waals surface area (Å²) >= 11 is 0. The Morgan fingerprint density at radius 2 is 2.21 bits per heavy atom. The maximum Gasteiger partial charge on any atom is 0.131 e. The standard InChI is InChI=1S/C15H25N3O/c1-12-9-15(17(3)16-12)11-18-8-6-4-5-7-14(18)10-13(2)19/h9,14H,4-8,10-11H2,1-3H3. The molecule has 2 rings (SSSR count). The zero-order valence-electron chi connectivity index (χ0n) is 12.4. The van der Waals surface area contributed by atoms with Crippen LogP contribution in [0.3, 0.4) is 0 Å². The number of carbonyl (C=O) groups is 1. The molecular formula is C15H25N3O. The summed E-state index contributed by atoms with van der Waals surface area (Å²) in [5, 5.41) is 4.41. The lowest BCUT2D eigenvalue weighted by Crippen LogP contribution is -2.36. The van der Waals surface area contributed by atoms with E-state index in [1.165, 1.54) is 25.0 Å². The van der Waals surface area contributed by atoms with E-state index in [0.29, 0.717) is 18.2 Å². The fraction of sp³-hybridized carbons (Fsp3) is 0.733. The molecule has 0 N–H and O–H groups in total. The zero-order chi connectivity index (χ0) is 13.8. The van der Waals surface area contributed by atoms with E-state index in [1.54, 1.807) is 6.92 Å². The average Bonchev–Trinajstić information content (AvgIpc) is 2.51. The van der Waals surface area contributed by atoms with Crippen molar-refractivity contribution in [1.82, 2.24) is 14.7 Å². The highest BCUT2D eigenvalue weighted by Gasteiger charge is 2.23. The van der Waals surface area contributed by atoms with Crippen LogP contribution in [-0.2, 0) is 18.4 Å². The molecule has 0 radical (unpaired) electrons. The Hall–Kier alpha value is -1.16. The number of Topliss-reactive ketones (excluding diaryl/α,β-unsaturated/α-hetero) is 1. The number of rotatable bonds is 4. The summed E-state index contributed by atoms with van der Waals surface area (Å²) in [6.07, 6.45) is 5.62. The number of hydrogen-bond donors (Lipinski definition) is 0. The summed E-state index contributed by atoms with van der Waals surface area (Å²) in [7, 11) is 2.00. The molecule has 0 bridgehead atoms. The molecule has 0 saturated carbocycles. The predicted molar refractivity (Wildman–Crippen MR) is 75.9 cm³/mol. The molecular weight excluding hydrogens is 238 g/mol. The van der Waals surface area contributed by atoms with Gasteiger partial charge in [-0.2, -0.15) is 5.10 Å². The van der Waals surface area contributed by atoms with Crippen LogP contribution in [0.4, 0.5) is 0 Å². The Morgan fingerprint density at radius 3 is 2.84 bits per heavy atom. The van der Waals surface area contributed by atoms with Crippen LogP contribution in [0.1, 0.15) is 50.4 Å². The minimum Gasteiger partial charge on any atom is -0.300 e. The molecule has 1 fully saturated rings. The molecule has 1 unspecified atom stereocenters. The topological polar surface area (TPSA) is 38.1 Å². The van der Waals surface area contributed by atoms with E-state index in [9.17, 15) is 4.79 Å². The first-order valence-electron chi connectivity index (χ1n) is 7.29. The number of likely N-dealkylation sites (tertiary alicyclic amines) is 1. The average molecular weight is 263 g/mol. The van der Waals surface area contributed by atoms with Gasteiger partial charge in [0.05, 0.1) is 11.4 Å². The van der Waals surface area contributed by atoms with Crippen molar-refractivity contribution in [2.24, 2.45) is 7.05 Å². The summed E-state index contributed by atoms with van der Waals surface area (Å²) in [6.45, 7) is 5.74. The van der Waals surface area contributed by atoms with E-state index in [2.05, 4.69) is 16.1 Å². The summed E-state index contributed by atoms with van der Waals surface area (Å²) in [5.41, 5.74) is 2.31. The Bertz CT molecular complexity index is 439. The first kappa shape index (κ1) is 14.3. The van der Waals surface area contributed by atoms with Crippen LogP contribution in [0.25, 0.3) is 0 Å². The highest BCUT2D eigenvalue weighted by molar-refractivity contribution is 5.76. The van der Waals surface area contributed by atoms with Crippen molar-refractivity contribution in [3.63, 3.8) is 0 Å². The summed E-state index contributed by atoms with van der Waals surface area (Å²) in [5.74, 6) is 0.304. The van der Waals surface area contributed by atoms with Gasteiger partial charge < -0.3 is 0 Å². The molecule has 1 saturated heterocycles. The lowest BCUT2D eigenvalue weighted by Gasteiger charge is -2.29. The van der Waals surface area contributed by atoms with Gasteiger partial charge in [-0.3, -0.25) is 14.4 Å². The van der Waals surface area contributed by atoms with Gasteiger partial charge in [-0.15, -0.1) is 0 Å². The first-order valence-corrected chi connectivity index (χ1v) is 7.29. The molecule has 0 amide bonds. The van der Waals surface area contributed by atoms with Crippen LogP contribution in [0.2, 0.25) is 0 Å². The molecule has 19 heavy (non-hydrogen) atoms. The molecule has 1 aliphatic rings. The zero-order valence-corrected chi connectivity index (χ0v) is 12.4. The molecule has 2 heterocycles. The van der Waals surface area contributed by atoms with Crippen LogP contribution in [-0.4, -0.2) is 33.1 Å². The largest absolute Gasteiger partial charge is 0.300 e. The second-order valence-corrected chi connectivity index (χ2v) is 5.78. The lowest BCUT2D eigenvalue weighted by molar-refractivity contribution is -0.118. The van der Waals surface area contributed by atoms with Gasteiger partial charge >= 0.3 is 0 Å². The number of aromatic nitrogens is 2. The number of nitrogens with zero attached hydrogens (tertiary/aromatic N) is 3. The van der Waals surface area contributed by atoms with Crippen molar-refractivity contribution in [2.75, 3.05) is 6.54 Å². The minimum absolute atomic E-state index is 0.304. The number of aryl methyl sites for hydroxylation is 2. The van der Waals surface area contributed by atoms with E-state index in [4.69, 9.17) is 0 Å². The van der Waals surface area contributed by atoms with Crippen LogP contribution in [0, 0.1) is 6.92 Å². The van der Waals surface area contributed by atoms with Crippen molar-refractivity contribution in [1.29, 1.82) is 0 Å². The Kier molecular flexibility index (Phi) is 4.75. The number of carbonyl (C=O) groups excluding carboxylic acids is 1. The van der Waals surface area contributed by atoms with Crippen LogP contribution >= 0.6 is 0 Å². The fourth-order valence-electron chi connectivity index (χ4n) is 3.03. The van der Waals surface area contributed by atoms with Gasteiger partial charge in [-0.25, -0.2) is 0 Å². The molecule has 1 aromatic heterocycles. The Labute approximate surface area is 115 Å². The SMILES string of the molecule is CC(=O)CC1CCCCCN1Cc1cc(C)nn1C. The lowest BCUT2D eigenvalue weighted by atomic mass is 10.0. The highest BCUT2D eigenvalue weighted by atomic mass is 16.1. The third-order valence-corrected chi connectivity index (χ3v) is 3.99. The van der Waals surface area contributed by atoms with E-state index in [-0.39, 0.29) is 0 Å². The molecule has 1 atom stereocenters.